The lowest BCUT2D eigenvalue weighted by Crippen LogP contribution is -2.39. The number of rotatable bonds is 0. The lowest BCUT2D eigenvalue weighted by molar-refractivity contribution is -0.128. The van der Waals surface area contributed by atoms with Crippen LogP contribution in [0.4, 0.5) is 10.5 Å². The van der Waals surface area contributed by atoms with Crippen molar-refractivity contribution >= 4 is 17.7 Å². The van der Waals surface area contributed by atoms with E-state index in [0.29, 0.717) is 6.42 Å². The number of nitrogens with one attached hydrogen (secondary N) is 1. The lowest BCUT2D eigenvalue weighted by Gasteiger charge is -2.27. The predicted octanol–water partition coefficient (Wildman–Crippen LogP) is 2.69. The van der Waals surface area contributed by atoms with E-state index in [-0.39, 0.29) is 18.0 Å². The second-order valence-electron chi connectivity index (χ2n) is 6.23. The van der Waals surface area contributed by atoms with E-state index in [2.05, 4.69) is 5.32 Å². The van der Waals surface area contributed by atoms with Crippen molar-refractivity contribution < 1.29 is 14.3 Å². The minimum absolute atomic E-state index is 0.0487. The number of amides is 2. The SMILES string of the molecule is CC(C)(C)OC(=O)N1C(=O)CC2Nc3ccccc3C21. The molecule has 106 valence electrons. The number of anilines is 1. The van der Waals surface area contributed by atoms with Crippen molar-refractivity contribution in [2.75, 3.05) is 5.32 Å². The number of hydrogen-bond donors (Lipinski definition) is 1. The standard InChI is InChI=1S/C15H18N2O3/c1-15(2,3)20-14(19)17-12(18)8-11-13(17)9-6-4-5-7-10(9)16-11/h4-7,11,13,16H,8H2,1-3H3. The molecule has 2 aliphatic rings. The Balaban J connectivity index is 1.92. The van der Waals surface area contributed by atoms with Gasteiger partial charge >= 0.3 is 6.09 Å². The number of nitrogens with zero attached hydrogens (tertiary/aromatic N) is 1. The van der Waals surface area contributed by atoms with E-state index in [1.807, 2.05) is 24.3 Å². The molecule has 0 aromatic heterocycles. The molecule has 5 heteroatoms. The molecular weight excluding hydrogens is 256 g/mol. The van der Waals surface area contributed by atoms with Gasteiger partial charge in [-0.1, -0.05) is 18.2 Å². The zero-order valence-electron chi connectivity index (χ0n) is 11.8. The number of carbonyl (C=O) groups is 2. The van der Waals surface area contributed by atoms with E-state index in [9.17, 15) is 9.59 Å². The van der Waals surface area contributed by atoms with Crippen LogP contribution in [0.1, 0.15) is 38.8 Å². The molecule has 0 bridgehead atoms. The Morgan fingerprint density at radius 1 is 1.35 bits per heavy atom. The van der Waals surface area contributed by atoms with Crippen molar-refractivity contribution in [3.05, 3.63) is 29.8 Å². The minimum Gasteiger partial charge on any atom is -0.443 e. The Bertz CT molecular complexity index is 577. The summed E-state index contributed by atoms with van der Waals surface area (Å²) in [4.78, 5) is 25.6. The summed E-state index contributed by atoms with van der Waals surface area (Å²) in [5.41, 5.74) is 1.36. The third kappa shape index (κ3) is 2.03. The van der Waals surface area contributed by atoms with E-state index < -0.39 is 11.7 Å². The Morgan fingerprint density at radius 3 is 2.75 bits per heavy atom. The van der Waals surface area contributed by atoms with Crippen molar-refractivity contribution in [2.45, 2.75) is 44.9 Å². The maximum atomic E-state index is 12.3. The third-order valence-corrected chi connectivity index (χ3v) is 3.53. The molecule has 0 aliphatic carbocycles. The number of benzene rings is 1. The zero-order chi connectivity index (χ0) is 14.5. The number of ether oxygens (including phenoxy) is 1. The normalized spacial score (nSPS) is 24.1. The number of carbonyl (C=O) groups excluding carboxylic acids is 2. The van der Waals surface area contributed by atoms with Gasteiger partial charge in [0.05, 0.1) is 12.1 Å². The van der Waals surface area contributed by atoms with Crippen molar-refractivity contribution in [3.63, 3.8) is 0 Å². The molecule has 1 aromatic rings. The molecule has 20 heavy (non-hydrogen) atoms. The third-order valence-electron chi connectivity index (χ3n) is 3.53. The molecule has 1 fully saturated rings. The van der Waals surface area contributed by atoms with Crippen LogP contribution in [-0.2, 0) is 9.53 Å². The van der Waals surface area contributed by atoms with Crippen LogP contribution in [0.5, 0.6) is 0 Å². The molecule has 0 spiro atoms. The largest absolute Gasteiger partial charge is 0.443 e. The fourth-order valence-corrected chi connectivity index (χ4v) is 2.83. The summed E-state index contributed by atoms with van der Waals surface area (Å²) in [6.45, 7) is 5.39. The first kappa shape index (κ1) is 13.0. The van der Waals surface area contributed by atoms with E-state index in [1.165, 1.54) is 4.90 Å². The van der Waals surface area contributed by atoms with Gasteiger partial charge < -0.3 is 10.1 Å². The molecule has 1 N–H and O–H groups in total. The summed E-state index contributed by atoms with van der Waals surface area (Å²) in [6, 6.07) is 7.46. The van der Waals surface area contributed by atoms with Gasteiger partial charge in [-0.25, -0.2) is 9.69 Å². The van der Waals surface area contributed by atoms with Gasteiger partial charge in [0.1, 0.15) is 5.60 Å². The fraction of sp³-hybridized carbons (Fsp3) is 0.467. The summed E-state index contributed by atoms with van der Waals surface area (Å²) in [5, 5.41) is 3.30. The molecular formula is C15H18N2O3. The van der Waals surface area contributed by atoms with Gasteiger partial charge in [-0.15, -0.1) is 0 Å². The maximum absolute atomic E-state index is 12.3. The summed E-state index contributed by atoms with van der Waals surface area (Å²) < 4.78 is 5.35. The van der Waals surface area contributed by atoms with Gasteiger partial charge in [-0.2, -0.15) is 0 Å². The number of para-hydroxylation sites is 1. The highest BCUT2D eigenvalue weighted by molar-refractivity contribution is 5.96. The zero-order valence-corrected chi connectivity index (χ0v) is 11.8. The Kier molecular flexibility index (Phi) is 2.74. The molecule has 2 amide bonds. The molecule has 2 aliphatic heterocycles. The van der Waals surface area contributed by atoms with Crippen LogP contribution in [0.3, 0.4) is 0 Å². The molecule has 3 rings (SSSR count). The first-order valence-corrected chi connectivity index (χ1v) is 6.77. The molecule has 0 saturated carbocycles. The lowest BCUT2D eigenvalue weighted by atomic mass is 10.0. The van der Waals surface area contributed by atoms with Gasteiger partial charge in [0, 0.05) is 17.7 Å². The summed E-state index contributed by atoms with van der Waals surface area (Å²) in [6.07, 6.45) is -0.244. The summed E-state index contributed by atoms with van der Waals surface area (Å²) in [5.74, 6) is -0.184. The monoisotopic (exact) mass is 274 g/mol. The van der Waals surface area contributed by atoms with E-state index in [0.717, 1.165) is 11.3 Å². The van der Waals surface area contributed by atoms with Crippen LogP contribution in [0.2, 0.25) is 0 Å². The van der Waals surface area contributed by atoms with Crippen LogP contribution < -0.4 is 5.32 Å². The molecule has 2 unspecified atom stereocenters. The van der Waals surface area contributed by atoms with E-state index >= 15 is 0 Å². The Hall–Kier alpha value is -2.04. The second kappa shape index (κ2) is 4.23. The minimum atomic E-state index is -0.610. The highest BCUT2D eigenvalue weighted by atomic mass is 16.6. The van der Waals surface area contributed by atoms with Crippen molar-refractivity contribution in [2.24, 2.45) is 0 Å². The summed E-state index contributed by atoms with van der Waals surface area (Å²) >= 11 is 0. The molecule has 1 aromatic carbocycles. The van der Waals surface area contributed by atoms with Crippen molar-refractivity contribution in [3.8, 4) is 0 Å². The van der Waals surface area contributed by atoms with Gasteiger partial charge in [-0.05, 0) is 26.8 Å². The van der Waals surface area contributed by atoms with Crippen LogP contribution >= 0.6 is 0 Å². The Labute approximate surface area is 117 Å². The van der Waals surface area contributed by atoms with E-state index in [1.54, 1.807) is 20.8 Å². The molecule has 5 nitrogen and oxygen atoms in total. The van der Waals surface area contributed by atoms with Gasteiger partial charge in [-0.3, -0.25) is 4.79 Å². The number of hydrogen-bond acceptors (Lipinski definition) is 4. The highest BCUT2D eigenvalue weighted by Gasteiger charge is 2.49. The van der Waals surface area contributed by atoms with E-state index in [4.69, 9.17) is 4.74 Å². The van der Waals surface area contributed by atoms with Crippen LogP contribution in [0.15, 0.2) is 24.3 Å². The molecule has 1 saturated heterocycles. The number of imide groups is 1. The van der Waals surface area contributed by atoms with Gasteiger partial charge in [0.15, 0.2) is 0 Å². The number of fused-ring (bicyclic) bond motifs is 3. The molecule has 2 atom stereocenters. The first-order chi connectivity index (χ1) is 9.37. The van der Waals surface area contributed by atoms with Crippen LogP contribution in [0.25, 0.3) is 0 Å². The Morgan fingerprint density at radius 2 is 2.05 bits per heavy atom. The van der Waals surface area contributed by atoms with Gasteiger partial charge in [0.2, 0.25) is 5.91 Å². The predicted molar refractivity (Wildman–Crippen MR) is 74.3 cm³/mol. The van der Waals surface area contributed by atoms with Crippen molar-refractivity contribution in [1.82, 2.24) is 4.90 Å². The second-order valence-corrected chi connectivity index (χ2v) is 6.23. The molecule has 2 heterocycles. The van der Waals surface area contributed by atoms with Crippen LogP contribution in [0, 0.1) is 0 Å². The quantitative estimate of drug-likeness (QED) is 0.790. The average Bonchev–Trinajstić information content (AvgIpc) is 2.80. The number of likely N-dealkylation sites (tertiary alicyclic amines) is 1. The average molecular weight is 274 g/mol. The summed E-state index contributed by atoms with van der Waals surface area (Å²) in [7, 11) is 0. The topological polar surface area (TPSA) is 58.6 Å². The van der Waals surface area contributed by atoms with Gasteiger partial charge in [0.25, 0.3) is 0 Å². The van der Waals surface area contributed by atoms with Crippen molar-refractivity contribution in [1.29, 1.82) is 0 Å². The smallest absolute Gasteiger partial charge is 0.417 e. The molecule has 0 radical (unpaired) electrons. The fourth-order valence-electron chi connectivity index (χ4n) is 2.83. The first-order valence-electron chi connectivity index (χ1n) is 6.77. The maximum Gasteiger partial charge on any atom is 0.417 e. The highest BCUT2D eigenvalue weighted by Crippen LogP contribution is 2.44. The van der Waals surface area contributed by atoms with Crippen LogP contribution in [-0.4, -0.2) is 28.5 Å².